The van der Waals surface area contributed by atoms with Gasteiger partial charge < -0.3 is 7.16 Å². The zero-order valence-corrected chi connectivity index (χ0v) is 15.9. The van der Waals surface area contributed by atoms with Crippen molar-refractivity contribution in [3.8, 4) is 0 Å². The zero-order valence-electron chi connectivity index (χ0n) is 13.0. The molecule has 1 aromatic heterocycles. The van der Waals surface area contributed by atoms with E-state index in [9.17, 15) is 22.8 Å². The number of alkyl halides is 3. The number of halogens is 3. The number of imide groups is 1. The second kappa shape index (κ2) is 8.47. The Morgan fingerprint density at radius 1 is 1.17 bits per heavy atom. The number of carbonyl (C=O) groups excluding carboxylic acids is 2. The van der Waals surface area contributed by atoms with Gasteiger partial charge in [-0.3, -0.25) is 14.9 Å². The molecule has 0 saturated heterocycles. The number of nitrogens with one attached hydrogen (secondary N) is 1. The summed E-state index contributed by atoms with van der Waals surface area (Å²) in [6.45, 7) is 0.0482. The molecule has 0 radical (unpaired) electrons. The fourth-order valence-electron chi connectivity index (χ4n) is 1.65. The second-order valence-electron chi connectivity index (χ2n) is 4.17. The van der Waals surface area contributed by atoms with Crippen molar-refractivity contribution in [3.05, 3.63) is 51.5 Å². The quantitative estimate of drug-likeness (QED) is 0.515. The smallest absolute Gasteiger partial charge is 1.00 e. The van der Waals surface area contributed by atoms with Crippen LogP contribution in [0.15, 0.2) is 29.6 Å². The standard InChI is InChI=1S/C8H5NO2.C5H5F3N2S.K.H/c10-7-5-3-1-2-4-6(5)8(11)9-7;6-5(7,8)4-10-3(1-9)2-11-4;;/h1-4H,(H,9,10,11);2H,1,9H2;;/q;;+1;-1. The van der Waals surface area contributed by atoms with Gasteiger partial charge in [0.2, 0.25) is 0 Å². The molecule has 0 spiro atoms. The van der Waals surface area contributed by atoms with E-state index in [0.29, 0.717) is 22.5 Å². The van der Waals surface area contributed by atoms with E-state index in [1.165, 1.54) is 5.38 Å². The van der Waals surface area contributed by atoms with E-state index in [1.807, 2.05) is 0 Å². The number of amides is 2. The monoisotopic (exact) mass is 369 g/mol. The Morgan fingerprint density at radius 3 is 2.04 bits per heavy atom. The maximum atomic E-state index is 11.8. The topological polar surface area (TPSA) is 85.1 Å². The molecule has 0 atom stereocenters. The Morgan fingerprint density at radius 2 is 1.70 bits per heavy atom. The van der Waals surface area contributed by atoms with E-state index in [0.717, 1.165) is 0 Å². The third-order valence-electron chi connectivity index (χ3n) is 2.65. The first-order chi connectivity index (χ1) is 10.3. The predicted octanol–water partition coefficient (Wildman–Crippen LogP) is -0.693. The van der Waals surface area contributed by atoms with E-state index in [4.69, 9.17) is 5.73 Å². The normalized spacial score (nSPS) is 12.7. The van der Waals surface area contributed by atoms with Crippen LogP contribution in [0.4, 0.5) is 13.2 Å². The largest absolute Gasteiger partial charge is 1.00 e. The van der Waals surface area contributed by atoms with Gasteiger partial charge in [0.15, 0.2) is 5.01 Å². The average molecular weight is 369 g/mol. The number of rotatable bonds is 1. The van der Waals surface area contributed by atoms with Crippen LogP contribution in [0, 0.1) is 0 Å². The van der Waals surface area contributed by atoms with E-state index >= 15 is 0 Å². The summed E-state index contributed by atoms with van der Waals surface area (Å²) < 4.78 is 35.5. The van der Waals surface area contributed by atoms with Crippen molar-refractivity contribution in [3.63, 3.8) is 0 Å². The van der Waals surface area contributed by atoms with Crippen LogP contribution in [0.3, 0.4) is 0 Å². The molecule has 1 aromatic carbocycles. The Labute approximate surface area is 177 Å². The van der Waals surface area contributed by atoms with Crippen molar-refractivity contribution in [1.29, 1.82) is 0 Å². The van der Waals surface area contributed by atoms with Gasteiger partial charge in [0.1, 0.15) is 0 Å². The zero-order chi connectivity index (χ0) is 16.3. The minimum absolute atomic E-state index is 0. The SMILES string of the molecule is NCc1csc(C(F)(F)F)n1.O=C1NC(=O)c2ccccc21.[H-].[K+]. The number of nitrogens with zero attached hydrogens (tertiary/aromatic N) is 1. The molecule has 2 aromatic rings. The first-order valence-corrected chi connectivity index (χ1v) is 6.87. The number of carbonyl (C=O) groups is 2. The van der Waals surface area contributed by atoms with Gasteiger partial charge in [0.05, 0.1) is 16.8 Å². The minimum atomic E-state index is -4.34. The number of thiazole rings is 1. The fourth-order valence-corrected chi connectivity index (χ4v) is 2.35. The summed E-state index contributed by atoms with van der Waals surface area (Å²) in [7, 11) is 0. The number of hydrogen-bond donors (Lipinski definition) is 2. The molecule has 23 heavy (non-hydrogen) atoms. The summed E-state index contributed by atoms with van der Waals surface area (Å²) in [5.41, 5.74) is 6.30. The summed E-state index contributed by atoms with van der Waals surface area (Å²) in [6, 6.07) is 6.74. The third-order valence-corrected chi connectivity index (χ3v) is 3.58. The van der Waals surface area contributed by atoms with Gasteiger partial charge in [-0.15, -0.1) is 11.3 Å². The van der Waals surface area contributed by atoms with Crippen LogP contribution < -0.4 is 62.4 Å². The average Bonchev–Trinajstić information content (AvgIpc) is 3.06. The predicted molar refractivity (Wildman–Crippen MR) is 74.4 cm³/mol. The number of nitrogens with two attached hydrogens (primary N) is 1. The van der Waals surface area contributed by atoms with Crippen molar-refractivity contribution < 1.29 is 75.6 Å². The molecule has 0 bridgehead atoms. The molecule has 1 aliphatic heterocycles. The van der Waals surface area contributed by atoms with E-state index < -0.39 is 11.2 Å². The molecule has 2 amide bonds. The summed E-state index contributed by atoms with van der Waals surface area (Å²) in [5.74, 6) is -0.601. The Kier molecular flexibility index (Phi) is 7.52. The second-order valence-corrected chi connectivity index (χ2v) is 5.03. The molecule has 3 N–H and O–H groups in total. The third kappa shape index (κ3) is 5.18. The maximum Gasteiger partial charge on any atom is 1.00 e. The number of hydrogen-bond acceptors (Lipinski definition) is 5. The van der Waals surface area contributed by atoms with Crippen LogP contribution in [0.2, 0.25) is 0 Å². The number of benzene rings is 1. The van der Waals surface area contributed by atoms with Crippen LogP contribution >= 0.6 is 11.3 Å². The molecule has 118 valence electrons. The molecule has 0 unspecified atom stereocenters. The van der Waals surface area contributed by atoms with Crippen molar-refractivity contribution in [2.45, 2.75) is 12.7 Å². The maximum absolute atomic E-state index is 11.8. The molecule has 5 nitrogen and oxygen atoms in total. The molecule has 3 rings (SSSR count). The molecular weight excluding hydrogens is 358 g/mol. The summed E-state index contributed by atoms with van der Waals surface area (Å²) in [6.07, 6.45) is -4.34. The number of aromatic nitrogens is 1. The van der Waals surface area contributed by atoms with Crippen LogP contribution in [-0.2, 0) is 12.7 Å². The van der Waals surface area contributed by atoms with Gasteiger partial charge in [-0.05, 0) is 12.1 Å². The van der Waals surface area contributed by atoms with Gasteiger partial charge in [-0.25, -0.2) is 4.98 Å². The van der Waals surface area contributed by atoms with Crippen molar-refractivity contribution in [1.82, 2.24) is 10.3 Å². The van der Waals surface area contributed by atoms with E-state index in [1.54, 1.807) is 24.3 Å². The molecule has 0 fully saturated rings. The van der Waals surface area contributed by atoms with Crippen LogP contribution in [0.5, 0.6) is 0 Å². The summed E-state index contributed by atoms with van der Waals surface area (Å²) in [5, 5.41) is 2.68. The van der Waals surface area contributed by atoms with E-state index in [-0.39, 0.29) is 76.9 Å². The Bertz CT molecular complexity index is 691. The van der Waals surface area contributed by atoms with Crippen LogP contribution in [-0.4, -0.2) is 16.8 Å². The summed E-state index contributed by atoms with van der Waals surface area (Å²) in [4.78, 5) is 25.2. The van der Waals surface area contributed by atoms with Gasteiger partial charge in [-0.2, -0.15) is 13.2 Å². The first kappa shape index (κ1) is 20.4. The fraction of sp³-hybridized carbons (Fsp3) is 0.154. The van der Waals surface area contributed by atoms with E-state index in [2.05, 4.69) is 10.3 Å². The molecular formula is C13H11F3KN3O2S. The summed E-state index contributed by atoms with van der Waals surface area (Å²) >= 11 is 0.565. The molecule has 2 heterocycles. The van der Waals surface area contributed by atoms with Crippen molar-refractivity contribution in [2.75, 3.05) is 0 Å². The first-order valence-electron chi connectivity index (χ1n) is 5.99. The van der Waals surface area contributed by atoms with Gasteiger partial charge >= 0.3 is 57.6 Å². The number of fused-ring (bicyclic) bond motifs is 1. The van der Waals surface area contributed by atoms with Crippen molar-refractivity contribution >= 4 is 23.2 Å². The molecule has 0 aliphatic carbocycles. The van der Waals surface area contributed by atoms with Crippen LogP contribution in [0.1, 0.15) is 32.8 Å². The Hall–Kier alpha value is -0.624. The molecule has 10 heteroatoms. The minimum Gasteiger partial charge on any atom is -1.00 e. The van der Waals surface area contributed by atoms with Crippen molar-refractivity contribution in [2.24, 2.45) is 5.73 Å². The van der Waals surface area contributed by atoms with Gasteiger partial charge in [-0.1, -0.05) is 12.1 Å². The molecule has 0 saturated carbocycles. The Balaban J connectivity index is 0.000000407. The van der Waals surface area contributed by atoms with Crippen LogP contribution in [0.25, 0.3) is 0 Å². The van der Waals surface area contributed by atoms with Gasteiger partial charge in [0.25, 0.3) is 11.8 Å². The molecule has 1 aliphatic rings. The van der Waals surface area contributed by atoms with Gasteiger partial charge in [0, 0.05) is 11.9 Å².